The van der Waals surface area contributed by atoms with E-state index in [1.54, 1.807) is 11.8 Å². The van der Waals surface area contributed by atoms with Crippen molar-refractivity contribution in [1.82, 2.24) is 14.7 Å². The van der Waals surface area contributed by atoms with Crippen molar-refractivity contribution in [3.63, 3.8) is 0 Å². The summed E-state index contributed by atoms with van der Waals surface area (Å²) in [6.45, 7) is 3.67. The van der Waals surface area contributed by atoms with E-state index in [0.29, 0.717) is 6.54 Å². The summed E-state index contributed by atoms with van der Waals surface area (Å²) in [5, 5.41) is 0. The first kappa shape index (κ1) is 17.5. The normalized spacial score (nSPS) is 21.6. The number of piperidine rings is 1. The van der Waals surface area contributed by atoms with Gasteiger partial charge in [-0.25, -0.2) is 0 Å². The second-order valence-corrected chi connectivity index (χ2v) is 6.82. The Labute approximate surface area is 148 Å². The Morgan fingerprint density at radius 2 is 1.76 bits per heavy atom. The van der Waals surface area contributed by atoms with Gasteiger partial charge < -0.3 is 14.7 Å². The van der Waals surface area contributed by atoms with Gasteiger partial charge in [-0.05, 0) is 31.7 Å². The molecule has 0 aliphatic carbocycles. The molecule has 2 heterocycles. The van der Waals surface area contributed by atoms with E-state index in [9.17, 15) is 14.4 Å². The highest BCUT2D eigenvalue weighted by Gasteiger charge is 2.37. The fourth-order valence-electron chi connectivity index (χ4n) is 3.50. The fourth-order valence-corrected chi connectivity index (χ4v) is 3.50. The molecular formula is C19H25N3O3. The second-order valence-electron chi connectivity index (χ2n) is 6.82. The molecule has 1 atom stereocenters. The van der Waals surface area contributed by atoms with Gasteiger partial charge in [0.05, 0.1) is 0 Å². The van der Waals surface area contributed by atoms with Crippen LogP contribution >= 0.6 is 0 Å². The predicted molar refractivity (Wildman–Crippen MR) is 93.5 cm³/mol. The number of rotatable bonds is 4. The largest absolute Gasteiger partial charge is 0.341 e. The molecule has 6 nitrogen and oxygen atoms in total. The first-order valence-corrected chi connectivity index (χ1v) is 8.96. The van der Waals surface area contributed by atoms with E-state index >= 15 is 0 Å². The molecule has 0 radical (unpaired) electrons. The average Bonchev–Trinajstić information content (AvgIpc) is 2.64. The van der Waals surface area contributed by atoms with Gasteiger partial charge in [0, 0.05) is 19.6 Å². The van der Waals surface area contributed by atoms with Crippen LogP contribution < -0.4 is 0 Å². The van der Waals surface area contributed by atoms with Crippen molar-refractivity contribution in [3.05, 3.63) is 35.9 Å². The van der Waals surface area contributed by atoms with Gasteiger partial charge in [-0.2, -0.15) is 0 Å². The van der Waals surface area contributed by atoms with E-state index in [0.717, 1.165) is 37.9 Å². The number of amides is 3. The second kappa shape index (κ2) is 7.68. The Kier molecular flexibility index (Phi) is 5.36. The highest BCUT2D eigenvalue weighted by atomic mass is 16.2. The smallest absolute Gasteiger partial charge is 0.245 e. The molecule has 25 heavy (non-hydrogen) atoms. The van der Waals surface area contributed by atoms with E-state index in [2.05, 4.69) is 0 Å². The Hall–Kier alpha value is -2.37. The van der Waals surface area contributed by atoms with Crippen LogP contribution in [0.15, 0.2) is 30.3 Å². The summed E-state index contributed by atoms with van der Waals surface area (Å²) >= 11 is 0. The van der Waals surface area contributed by atoms with Crippen LogP contribution in [0.5, 0.6) is 0 Å². The molecule has 0 unspecified atom stereocenters. The SMILES string of the molecule is C[C@@H]1C(=O)N(Cc2ccccc2)CC(=O)N1CC(=O)N1CCCCC1. The summed E-state index contributed by atoms with van der Waals surface area (Å²) in [6.07, 6.45) is 3.17. The van der Waals surface area contributed by atoms with E-state index in [1.165, 1.54) is 4.90 Å². The van der Waals surface area contributed by atoms with Gasteiger partial charge in [0.2, 0.25) is 17.7 Å². The van der Waals surface area contributed by atoms with E-state index in [4.69, 9.17) is 0 Å². The van der Waals surface area contributed by atoms with Crippen LogP contribution in [0.4, 0.5) is 0 Å². The molecule has 3 amide bonds. The van der Waals surface area contributed by atoms with Crippen molar-refractivity contribution >= 4 is 17.7 Å². The number of likely N-dealkylation sites (tertiary alicyclic amines) is 1. The van der Waals surface area contributed by atoms with Crippen molar-refractivity contribution in [3.8, 4) is 0 Å². The van der Waals surface area contributed by atoms with Gasteiger partial charge >= 0.3 is 0 Å². The maximum absolute atomic E-state index is 12.7. The Balaban J connectivity index is 1.63. The first-order valence-electron chi connectivity index (χ1n) is 8.96. The highest BCUT2D eigenvalue weighted by Crippen LogP contribution is 2.17. The third-order valence-electron chi connectivity index (χ3n) is 5.01. The third-order valence-corrected chi connectivity index (χ3v) is 5.01. The molecule has 0 saturated carbocycles. The third kappa shape index (κ3) is 4.00. The quantitative estimate of drug-likeness (QED) is 0.827. The van der Waals surface area contributed by atoms with Crippen molar-refractivity contribution in [2.45, 2.75) is 38.8 Å². The van der Waals surface area contributed by atoms with Crippen molar-refractivity contribution in [2.75, 3.05) is 26.2 Å². The van der Waals surface area contributed by atoms with Gasteiger partial charge in [-0.1, -0.05) is 30.3 Å². The predicted octanol–water partition coefficient (Wildman–Crippen LogP) is 1.26. The first-order chi connectivity index (χ1) is 12.1. The average molecular weight is 343 g/mol. The lowest BCUT2D eigenvalue weighted by atomic mass is 10.1. The van der Waals surface area contributed by atoms with Gasteiger partial charge in [-0.3, -0.25) is 14.4 Å². The molecule has 2 fully saturated rings. The van der Waals surface area contributed by atoms with E-state index < -0.39 is 6.04 Å². The van der Waals surface area contributed by atoms with Gasteiger partial charge in [0.1, 0.15) is 19.1 Å². The summed E-state index contributed by atoms with van der Waals surface area (Å²) in [7, 11) is 0. The van der Waals surface area contributed by atoms with E-state index in [-0.39, 0.29) is 30.8 Å². The number of hydrogen-bond acceptors (Lipinski definition) is 3. The Morgan fingerprint density at radius 3 is 2.44 bits per heavy atom. The molecule has 0 spiro atoms. The maximum Gasteiger partial charge on any atom is 0.245 e. The standard InChI is InChI=1S/C19H25N3O3/c1-15-19(25)21(12-16-8-4-2-5-9-16)13-18(24)22(15)14-17(23)20-10-6-3-7-11-20/h2,4-5,8-9,15H,3,6-7,10-14H2,1H3/t15-/m1/s1. The summed E-state index contributed by atoms with van der Waals surface area (Å²) in [5.41, 5.74) is 0.994. The van der Waals surface area contributed by atoms with Gasteiger partial charge in [0.25, 0.3) is 0 Å². The molecule has 134 valence electrons. The minimum Gasteiger partial charge on any atom is -0.341 e. The maximum atomic E-state index is 12.7. The molecule has 2 saturated heterocycles. The van der Waals surface area contributed by atoms with Crippen molar-refractivity contribution in [1.29, 1.82) is 0 Å². The van der Waals surface area contributed by atoms with E-state index in [1.807, 2.05) is 35.2 Å². The van der Waals surface area contributed by atoms with Gasteiger partial charge in [-0.15, -0.1) is 0 Å². The number of nitrogens with zero attached hydrogens (tertiary/aromatic N) is 3. The zero-order valence-corrected chi connectivity index (χ0v) is 14.7. The van der Waals surface area contributed by atoms with Gasteiger partial charge in [0.15, 0.2) is 0 Å². The number of hydrogen-bond donors (Lipinski definition) is 0. The highest BCUT2D eigenvalue weighted by molar-refractivity contribution is 5.96. The van der Waals surface area contributed by atoms with Crippen LogP contribution in [0.25, 0.3) is 0 Å². The van der Waals surface area contributed by atoms with Crippen LogP contribution in [-0.4, -0.2) is 64.6 Å². The number of carbonyl (C=O) groups is 3. The fraction of sp³-hybridized carbons (Fsp3) is 0.526. The zero-order chi connectivity index (χ0) is 17.8. The zero-order valence-electron chi connectivity index (χ0n) is 14.7. The van der Waals surface area contributed by atoms with Crippen LogP contribution in [0, 0.1) is 0 Å². The van der Waals surface area contributed by atoms with Crippen LogP contribution in [0.1, 0.15) is 31.7 Å². The molecule has 1 aromatic carbocycles. The number of carbonyl (C=O) groups excluding carboxylic acids is 3. The lowest BCUT2D eigenvalue weighted by molar-refractivity contribution is -0.158. The number of benzene rings is 1. The summed E-state index contributed by atoms with van der Waals surface area (Å²) in [6, 6.07) is 9.03. The molecule has 0 N–H and O–H groups in total. The summed E-state index contributed by atoms with van der Waals surface area (Å²) < 4.78 is 0. The molecule has 0 aromatic heterocycles. The topological polar surface area (TPSA) is 60.9 Å². The molecule has 0 bridgehead atoms. The molecular weight excluding hydrogens is 318 g/mol. The lowest BCUT2D eigenvalue weighted by Gasteiger charge is -2.39. The Bertz CT molecular complexity index is 641. The van der Waals surface area contributed by atoms with Crippen LogP contribution in [0.3, 0.4) is 0 Å². The molecule has 2 aliphatic heterocycles. The number of piperazine rings is 1. The molecule has 6 heteroatoms. The van der Waals surface area contributed by atoms with Crippen LogP contribution in [0.2, 0.25) is 0 Å². The van der Waals surface area contributed by atoms with Crippen molar-refractivity contribution < 1.29 is 14.4 Å². The van der Waals surface area contributed by atoms with Crippen LogP contribution in [-0.2, 0) is 20.9 Å². The lowest BCUT2D eigenvalue weighted by Crippen LogP contribution is -2.60. The summed E-state index contributed by atoms with van der Waals surface area (Å²) in [4.78, 5) is 42.4. The molecule has 1 aromatic rings. The molecule has 3 rings (SSSR count). The minimum atomic E-state index is -0.598. The summed E-state index contributed by atoms with van der Waals surface area (Å²) in [5.74, 6) is -0.313. The Morgan fingerprint density at radius 1 is 1.08 bits per heavy atom. The van der Waals surface area contributed by atoms with Crippen molar-refractivity contribution in [2.24, 2.45) is 0 Å². The monoisotopic (exact) mass is 343 g/mol. The minimum absolute atomic E-state index is 0.00488. The molecule has 2 aliphatic rings.